The number of nitrogens with one attached hydrogen (secondary N) is 1. The molecular formula is C25H28BrCl3N2O3. The standard InChI is InChI=1S/C25H28BrCl3N2O3/c1-2-22(25(33)30-19-6-4-3-5-7-19)31(14-16-8-9-18(28)13-21(16)29)24(32)15-34-23-11-10-17(27)12-20(23)26/h8-13,19,22H,2-7,14-15H2,1H3,(H,30,33)/t22-/m1/s1. The molecule has 5 nitrogen and oxygen atoms in total. The molecule has 0 radical (unpaired) electrons. The lowest BCUT2D eigenvalue weighted by Gasteiger charge is -2.33. The first kappa shape index (κ1) is 27.1. The molecule has 1 fully saturated rings. The van der Waals surface area contributed by atoms with Gasteiger partial charge in [-0.1, -0.05) is 67.1 Å². The van der Waals surface area contributed by atoms with E-state index in [1.807, 2.05) is 6.92 Å². The van der Waals surface area contributed by atoms with Crippen LogP contribution in [0, 0.1) is 0 Å². The first-order valence-electron chi connectivity index (χ1n) is 11.4. The summed E-state index contributed by atoms with van der Waals surface area (Å²) in [7, 11) is 0. The van der Waals surface area contributed by atoms with Gasteiger partial charge in [-0.15, -0.1) is 0 Å². The summed E-state index contributed by atoms with van der Waals surface area (Å²) < 4.78 is 6.40. The molecule has 2 aromatic rings. The SMILES string of the molecule is CC[C@H](C(=O)NC1CCCCC1)N(Cc1ccc(Cl)cc1Cl)C(=O)COc1ccc(Cl)cc1Br. The number of hydrogen-bond acceptors (Lipinski definition) is 3. The summed E-state index contributed by atoms with van der Waals surface area (Å²) in [5.74, 6) is 0.0148. The van der Waals surface area contributed by atoms with Crippen molar-refractivity contribution in [3.8, 4) is 5.75 Å². The molecule has 0 heterocycles. The summed E-state index contributed by atoms with van der Waals surface area (Å²) >= 11 is 21.8. The fraction of sp³-hybridized carbons (Fsp3) is 0.440. The largest absolute Gasteiger partial charge is 0.483 e. The minimum Gasteiger partial charge on any atom is -0.483 e. The van der Waals surface area contributed by atoms with Crippen LogP contribution in [0.3, 0.4) is 0 Å². The molecule has 34 heavy (non-hydrogen) atoms. The Morgan fingerprint density at radius 2 is 1.76 bits per heavy atom. The molecule has 3 rings (SSSR count). The van der Waals surface area contributed by atoms with Crippen molar-refractivity contribution in [1.29, 1.82) is 0 Å². The summed E-state index contributed by atoms with van der Waals surface area (Å²) in [5, 5.41) is 4.65. The molecule has 0 spiro atoms. The van der Waals surface area contributed by atoms with Gasteiger partial charge in [0.05, 0.1) is 4.47 Å². The maximum atomic E-state index is 13.4. The molecule has 0 unspecified atom stereocenters. The van der Waals surface area contributed by atoms with Crippen LogP contribution in [-0.2, 0) is 16.1 Å². The molecule has 1 aliphatic carbocycles. The number of hydrogen-bond donors (Lipinski definition) is 1. The molecular weight excluding hydrogens is 563 g/mol. The number of ether oxygens (including phenoxy) is 1. The Morgan fingerprint density at radius 3 is 2.41 bits per heavy atom. The van der Waals surface area contributed by atoms with E-state index in [1.54, 1.807) is 36.4 Å². The van der Waals surface area contributed by atoms with Crippen molar-refractivity contribution in [2.24, 2.45) is 0 Å². The maximum absolute atomic E-state index is 13.4. The van der Waals surface area contributed by atoms with Gasteiger partial charge in [-0.3, -0.25) is 9.59 Å². The lowest BCUT2D eigenvalue weighted by atomic mass is 9.95. The van der Waals surface area contributed by atoms with Gasteiger partial charge in [0.15, 0.2) is 6.61 Å². The van der Waals surface area contributed by atoms with E-state index < -0.39 is 6.04 Å². The smallest absolute Gasteiger partial charge is 0.261 e. The Hall–Kier alpha value is -1.47. The molecule has 1 N–H and O–H groups in total. The Labute approximate surface area is 224 Å². The minimum absolute atomic E-state index is 0.146. The summed E-state index contributed by atoms with van der Waals surface area (Å²) in [6.45, 7) is 1.82. The highest BCUT2D eigenvalue weighted by molar-refractivity contribution is 9.10. The third kappa shape index (κ3) is 7.51. The highest BCUT2D eigenvalue weighted by Crippen LogP contribution is 2.29. The number of nitrogens with zero attached hydrogens (tertiary/aromatic N) is 1. The van der Waals surface area contributed by atoms with Gasteiger partial charge in [-0.05, 0) is 71.1 Å². The third-order valence-corrected chi connectivity index (χ3v) is 7.38. The third-order valence-electron chi connectivity index (χ3n) is 5.94. The number of halogens is 4. The zero-order chi connectivity index (χ0) is 24.7. The monoisotopic (exact) mass is 588 g/mol. The highest BCUT2D eigenvalue weighted by Gasteiger charge is 2.31. The minimum atomic E-state index is -0.654. The predicted molar refractivity (Wildman–Crippen MR) is 141 cm³/mol. The van der Waals surface area contributed by atoms with E-state index in [4.69, 9.17) is 39.5 Å². The number of carbonyl (C=O) groups excluding carboxylic acids is 2. The Morgan fingerprint density at radius 1 is 1.09 bits per heavy atom. The van der Waals surface area contributed by atoms with Crippen molar-refractivity contribution in [3.05, 3.63) is 61.5 Å². The van der Waals surface area contributed by atoms with Gasteiger partial charge < -0.3 is 15.0 Å². The second-order valence-electron chi connectivity index (χ2n) is 8.39. The van der Waals surface area contributed by atoms with Crippen LogP contribution < -0.4 is 10.1 Å². The molecule has 1 atom stereocenters. The maximum Gasteiger partial charge on any atom is 0.261 e. The molecule has 1 aliphatic rings. The molecule has 184 valence electrons. The Bertz CT molecular complexity index is 1010. The van der Waals surface area contributed by atoms with Gasteiger partial charge >= 0.3 is 0 Å². The average molecular weight is 591 g/mol. The fourth-order valence-corrected chi connectivity index (χ4v) is 5.38. The number of benzene rings is 2. The molecule has 0 aromatic heterocycles. The van der Waals surface area contributed by atoms with E-state index in [2.05, 4.69) is 21.2 Å². The summed E-state index contributed by atoms with van der Waals surface area (Å²) in [4.78, 5) is 28.2. The Kier molecular flexibility index (Phi) is 10.4. The van der Waals surface area contributed by atoms with Gasteiger partial charge in [0, 0.05) is 27.7 Å². The van der Waals surface area contributed by atoms with Crippen LogP contribution in [0.25, 0.3) is 0 Å². The van der Waals surface area contributed by atoms with E-state index >= 15 is 0 Å². The molecule has 2 aromatic carbocycles. The summed E-state index contributed by atoms with van der Waals surface area (Å²) in [6.07, 6.45) is 5.80. The normalized spacial score (nSPS) is 15.0. The number of amides is 2. The fourth-order valence-electron chi connectivity index (χ4n) is 4.11. The molecule has 0 aliphatic heterocycles. The van der Waals surface area contributed by atoms with Crippen LogP contribution in [0.1, 0.15) is 51.0 Å². The van der Waals surface area contributed by atoms with Crippen LogP contribution >= 0.6 is 50.7 Å². The zero-order valence-electron chi connectivity index (χ0n) is 19.0. The topological polar surface area (TPSA) is 58.6 Å². The highest BCUT2D eigenvalue weighted by atomic mass is 79.9. The molecule has 0 bridgehead atoms. The van der Waals surface area contributed by atoms with E-state index in [9.17, 15) is 9.59 Å². The van der Waals surface area contributed by atoms with Crippen LogP contribution in [-0.4, -0.2) is 35.4 Å². The molecule has 1 saturated carbocycles. The number of rotatable bonds is 9. The van der Waals surface area contributed by atoms with E-state index in [-0.39, 0.29) is 31.0 Å². The summed E-state index contributed by atoms with van der Waals surface area (Å²) in [5.41, 5.74) is 0.705. The molecule has 0 saturated heterocycles. The van der Waals surface area contributed by atoms with E-state index in [0.29, 0.717) is 37.3 Å². The first-order chi connectivity index (χ1) is 16.3. The van der Waals surface area contributed by atoms with Gasteiger partial charge in [0.2, 0.25) is 5.91 Å². The van der Waals surface area contributed by atoms with E-state index in [1.165, 1.54) is 11.3 Å². The lowest BCUT2D eigenvalue weighted by molar-refractivity contribution is -0.143. The van der Waals surface area contributed by atoms with Gasteiger partial charge in [-0.2, -0.15) is 0 Å². The van der Waals surface area contributed by atoms with Gasteiger partial charge in [0.25, 0.3) is 5.91 Å². The van der Waals surface area contributed by atoms with Crippen LogP contribution in [0.4, 0.5) is 0 Å². The average Bonchev–Trinajstić information content (AvgIpc) is 2.80. The Balaban J connectivity index is 1.80. The second kappa shape index (κ2) is 13.0. The van der Waals surface area contributed by atoms with E-state index in [0.717, 1.165) is 25.7 Å². The van der Waals surface area contributed by atoms with Crippen molar-refractivity contribution in [3.63, 3.8) is 0 Å². The zero-order valence-corrected chi connectivity index (χ0v) is 22.8. The predicted octanol–water partition coefficient (Wildman–Crippen LogP) is 7.04. The quantitative estimate of drug-likeness (QED) is 0.341. The van der Waals surface area contributed by atoms with Crippen LogP contribution in [0.15, 0.2) is 40.9 Å². The first-order valence-corrected chi connectivity index (χ1v) is 13.3. The number of carbonyl (C=O) groups is 2. The van der Waals surface area contributed by atoms with Crippen molar-refractivity contribution >= 4 is 62.5 Å². The van der Waals surface area contributed by atoms with Crippen molar-refractivity contribution in [2.45, 2.75) is 64.1 Å². The molecule has 2 amide bonds. The van der Waals surface area contributed by atoms with Gasteiger partial charge in [-0.25, -0.2) is 0 Å². The molecule has 9 heteroatoms. The van der Waals surface area contributed by atoms with Crippen LogP contribution in [0.5, 0.6) is 5.75 Å². The summed E-state index contributed by atoms with van der Waals surface area (Å²) in [6, 6.07) is 9.68. The lowest BCUT2D eigenvalue weighted by Crippen LogP contribution is -2.52. The van der Waals surface area contributed by atoms with Crippen molar-refractivity contribution < 1.29 is 14.3 Å². The second-order valence-corrected chi connectivity index (χ2v) is 10.5. The van der Waals surface area contributed by atoms with Crippen molar-refractivity contribution in [1.82, 2.24) is 10.2 Å². The van der Waals surface area contributed by atoms with Gasteiger partial charge in [0.1, 0.15) is 11.8 Å². The van der Waals surface area contributed by atoms with Crippen molar-refractivity contribution in [2.75, 3.05) is 6.61 Å². The van der Waals surface area contributed by atoms with Crippen LogP contribution in [0.2, 0.25) is 15.1 Å².